The Morgan fingerprint density at radius 1 is 0.979 bits per heavy atom. The minimum absolute atomic E-state index is 0.154. The van der Waals surface area contributed by atoms with Gasteiger partial charge in [0.25, 0.3) is 6.43 Å². The predicted octanol–water partition coefficient (Wildman–Crippen LogP) is 7.15. The van der Waals surface area contributed by atoms with Crippen molar-refractivity contribution in [2.24, 2.45) is 0 Å². The van der Waals surface area contributed by atoms with Crippen molar-refractivity contribution in [1.82, 2.24) is 24.8 Å². The SMILES string of the molecule is Cc1c(-c2nc3cc(CO)cc(Cl)c3o2)cccc1-c1cccc2c1CCN2c1nc(C(F)F)nc2cc(CN3CC[C@@H](O)C3)cnc12. The van der Waals surface area contributed by atoms with Gasteiger partial charge in [0, 0.05) is 43.6 Å². The van der Waals surface area contributed by atoms with Crippen molar-refractivity contribution in [3.63, 3.8) is 0 Å². The van der Waals surface area contributed by atoms with Crippen LogP contribution in [0.3, 0.4) is 0 Å². The number of aliphatic hydroxyl groups is 2. The number of β-amino-alcohol motifs (C(OH)–C–C–N with tert-alkyl or cyclic N) is 1. The molecule has 2 aliphatic heterocycles. The molecule has 3 aromatic heterocycles. The first-order valence-corrected chi connectivity index (χ1v) is 16.2. The lowest BCUT2D eigenvalue weighted by molar-refractivity contribution is 0.141. The van der Waals surface area contributed by atoms with Crippen molar-refractivity contribution in [2.75, 3.05) is 24.5 Å². The third-order valence-electron chi connectivity index (χ3n) is 9.26. The van der Waals surface area contributed by atoms with Crippen molar-refractivity contribution < 1.29 is 23.4 Å². The van der Waals surface area contributed by atoms with Crippen LogP contribution in [0.4, 0.5) is 20.3 Å². The quantitative estimate of drug-likeness (QED) is 0.183. The lowest BCUT2D eigenvalue weighted by Gasteiger charge is -2.21. The molecule has 3 aromatic carbocycles. The Morgan fingerprint density at radius 2 is 1.77 bits per heavy atom. The summed E-state index contributed by atoms with van der Waals surface area (Å²) >= 11 is 6.43. The molecule has 0 radical (unpaired) electrons. The van der Waals surface area contributed by atoms with Crippen LogP contribution in [0.2, 0.25) is 5.02 Å². The molecule has 6 aromatic rings. The number of rotatable bonds is 7. The van der Waals surface area contributed by atoms with E-state index >= 15 is 0 Å². The second-order valence-corrected chi connectivity index (χ2v) is 12.8. The minimum atomic E-state index is -2.85. The fraction of sp³-hybridized carbons (Fsp3) is 0.278. The number of fused-ring (bicyclic) bond motifs is 3. The second-order valence-electron chi connectivity index (χ2n) is 12.4. The number of halogens is 3. The Balaban J connectivity index is 1.18. The van der Waals surface area contributed by atoms with Gasteiger partial charge in [-0.15, -0.1) is 0 Å². The average molecular weight is 669 g/mol. The summed E-state index contributed by atoms with van der Waals surface area (Å²) < 4.78 is 34.4. The zero-order chi connectivity index (χ0) is 33.1. The van der Waals surface area contributed by atoms with Gasteiger partial charge in [0.15, 0.2) is 17.2 Å². The van der Waals surface area contributed by atoms with Crippen LogP contribution in [0, 0.1) is 6.92 Å². The molecule has 2 N–H and O–H groups in total. The number of aliphatic hydroxyl groups excluding tert-OH is 2. The lowest BCUT2D eigenvalue weighted by atomic mass is 9.92. The standard InChI is InChI=1S/C36H31ClF2N6O3/c1-19-23(4-2-5-24(19)36-42-29-13-20(18-46)12-27(37)32(29)48-36)25-6-3-7-30-26(25)9-11-45(30)35-31-28(41-34(43-35)33(38)39)14-21(15-40-31)16-44-10-8-22(47)17-44/h2-7,12-15,22,33,46-47H,8-11,16-18H2,1H3/t22-/m1/s1. The maximum Gasteiger partial charge on any atom is 0.297 e. The molecule has 0 unspecified atom stereocenters. The molecular weight excluding hydrogens is 638 g/mol. The van der Waals surface area contributed by atoms with Crippen LogP contribution in [-0.4, -0.2) is 60.8 Å². The first-order chi connectivity index (χ1) is 23.3. The Hall–Kier alpha value is -4.55. The van der Waals surface area contributed by atoms with E-state index in [1.54, 1.807) is 24.4 Å². The van der Waals surface area contributed by atoms with Gasteiger partial charge in [-0.25, -0.2) is 23.7 Å². The molecule has 5 heterocycles. The Labute approximate surface area is 279 Å². The van der Waals surface area contributed by atoms with Gasteiger partial charge in [-0.05, 0) is 83.5 Å². The van der Waals surface area contributed by atoms with E-state index < -0.39 is 12.2 Å². The molecule has 48 heavy (non-hydrogen) atoms. The Bertz CT molecular complexity index is 2210. The lowest BCUT2D eigenvalue weighted by Crippen LogP contribution is -2.21. The first kappa shape index (κ1) is 30.8. The molecule has 0 bridgehead atoms. The molecule has 0 spiro atoms. The summed E-state index contributed by atoms with van der Waals surface area (Å²) in [7, 11) is 0. The van der Waals surface area contributed by atoms with E-state index in [0.717, 1.165) is 45.6 Å². The van der Waals surface area contributed by atoms with Crippen molar-refractivity contribution in [3.8, 4) is 22.6 Å². The van der Waals surface area contributed by atoms with E-state index in [9.17, 15) is 19.0 Å². The summed E-state index contributed by atoms with van der Waals surface area (Å²) in [5.41, 5.74) is 9.07. The van der Waals surface area contributed by atoms with Crippen LogP contribution in [0.15, 0.2) is 65.2 Å². The van der Waals surface area contributed by atoms with Crippen LogP contribution in [0.1, 0.15) is 40.9 Å². The number of anilines is 2. The van der Waals surface area contributed by atoms with E-state index in [1.165, 1.54) is 0 Å². The molecule has 0 saturated carbocycles. The molecule has 2 aliphatic rings. The summed E-state index contributed by atoms with van der Waals surface area (Å²) in [6.07, 6.45) is -0.0790. The zero-order valence-electron chi connectivity index (χ0n) is 26.0. The van der Waals surface area contributed by atoms with Gasteiger partial charge in [0.1, 0.15) is 11.0 Å². The molecule has 0 aliphatic carbocycles. The number of benzene rings is 3. The molecule has 1 saturated heterocycles. The molecular formula is C36H31ClF2N6O3. The number of pyridine rings is 1. The van der Waals surface area contributed by atoms with Crippen LogP contribution < -0.4 is 4.90 Å². The number of alkyl halides is 2. The first-order valence-electron chi connectivity index (χ1n) is 15.8. The fourth-order valence-electron chi connectivity index (χ4n) is 6.97. The number of hydrogen-bond acceptors (Lipinski definition) is 9. The normalized spacial score (nSPS) is 16.6. The van der Waals surface area contributed by atoms with Gasteiger partial charge >= 0.3 is 0 Å². The van der Waals surface area contributed by atoms with Crippen molar-refractivity contribution in [1.29, 1.82) is 0 Å². The van der Waals surface area contributed by atoms with Crippen molar-refractivity contribution in [3.05, 3.63) is 93.9 Å². The van der Waals surface area contributed by atoms with Crippen molar-refractivity contribution >= 4 is 45.2 Å². The molecule has 12 heteroatoms. The average Bonchev–Trinajstić information content (AvgIpc) is 3.82. The van der Waals surface area contributed by atoms with E-state index in [4.69, 9.17) is 26.0 Å². The number of oxazole rings is 1. The van der Waals surface area contributed by atoms with E-state index in [1.807, 2.05) is 42.2 Å². The van der Waals surface area contributed by atoms with Crippen LogP contribution in [0.25, 0.3) is 44.7 Å². The third-order valence-corrected chi connectivity index (χ3v) is 9.55. The highest BCUT2D eigenvalue weighted by molar-refractivity contribution is 6.34. The maximum absolute atomic E-state index is 14.1. The number of likely N-dealkylation sites (tertiary alicyclic amines) is 1. The highest BCUT2D eigenvalue weighted by Gasteiger charge is 2.29. The summed E-state index contributed by atoms with van der Waals surface area (Å²) in [6.45, 7) is 4.28. The molecule has 0 amide bonds. The maximum atomic E-state index is 14.1. The highest BCUT2D eigenvalue weighted by atomic mass is 35.5. The second kappa shape index (κ2) is 12.2. The topological polar surface area (TPSA) is 112 Å². The van der Waals surface area contributed by atoms with Gasteiger partial charge in [0.05, 0.1) is 23.3 Å². The molecule has 244 valence electrons. The molecule has 9 nitrogen and oxygen atoms in total. The fourth-order valence-corrected chi connectivity index (χ4v) is 7.24. The van der Waals surface area contributed by atoms with Crippen LogP contribution in [0.5, 0.6) is 0 Å². The molecule has 1 atom stereocenters. The van der Waals surface area contributed by atoms with E-state index in [-0.39, 0.29) is 12.7 Å². The Morgan fingerprint density at radius 3 is 2.56 bits per heavy atom. The zero-order valence-corrected chi connectivity index (χ0v) is 26.8. The highest BCUT2D eigenvalue weighted by Crippen LogP contribution is 2.43. The Kier molecular flexibility index (Phi) is 7.79. The van der Waals surface area contributed by atoms with E-state index in [0.29, 0.717) is 76.9 Å². The van der Waals surface area contributed by atoms with Crippen LogP contribution in [-0.2, 0) is 19.6 Å². The largest absolute Gasteiger partial charge is 0.434 e. The molecule has 8 rings (SSSR count). The molecule has 1 fully saturated rings. The van der Waals surface area contributed by atoms with E-state index in [2.05, 4.69) is 20.9 Å². The number of aromatic nitrogens is 4. The van der Waals surface area contributed by atoms with Gasteiger partial charge in [-0.1, -0.05) is 35.9 Å². The van der Waals surface area contributed by atoms with Crippen molar-refractivity contribution in [2.45, 2.75) is 45.4 Å². The van der Waals surface area contributed by atoms with Gasteiger partial charge in [-0.2, -0.15) is 0 Å². The number of hydrogen-bond donors (Lipinski definition) is 2. The van der Waals surface area contributed by atoms with Gasteiger partial charge in [0.2, 0.25) is 5.89 Å². The summed E-state index contributed by atoms with van der Waals surface area (Å²) in [5.74, 6) is 0.241. The number of nitrogens with zero attached hydrogens (tertiary/aromatic N) is 6. The monoisotopic (exact) mass is 668 g/mol. The minimum Gasteiger partial charge on any atom is -0.434 e. The van der Waals surface area contributed by atoms with Gasteiger partial charge in [-0.3, -0.25) is 9.88 Å². The summed E-state index contributed by atoms with van der Waals surface area (Å²) in [6, 6.07) is 17.2. The third kappa shape index (κ3) is 5.36. The van der Waals surface area contributed by atoms with Crippen LogP contribution >= 0.6 is 11.6 Å². The predicted molar refractivity (Wildman–Crippen MR) is 179 cm³/mol. The van der Waals surface area contributed by atoms with Gasteiger partial charge < -0.3 is 19.5 Å². The smallest absolute Gasteiger partial charge is 0.297 e. The summed E-state index contributed by atoms with van der Waals surface area (Å²) in [5, 5.41) is 19.9. The summed E-state index contributed by atoms with van der Waals surface area (Å²) in [4.78, 5) is 22.0.